The van der Waals surface area contributed by atoms with Gasteiger partial charge < -0.3 is 0 Å². The molecular weight excluding hydrogens is 977 g/mol. The highest BCUT2D eigenvalue weighted by atomic mass is 15.4. The second-order valence-corrected chi connectivity index (χ2v) is 32.8. The van der Waals surface area contributed by atoms with E-state index in [9.17, 15) is 0 Å². The van der Waals surface area contributed by atoms with Crippen molar-refractivity contribution < 1.29 is 0 Å². The van der Waals surface area contributed by atoms with Gasteiger partial charge in [-0.15, -0.1) is 0 Å². The summed E-state index contributed by atoms with van der Waals surface area (Å²) < 4.78 is 0. The zero-order valence-corrected chi connectivity index (χ0v) is 51.4. The summed E-state index contributed by atoms with van der Waals surface area (Å²) in [5, 5.41) is 25.8. The van der Waals surface area contributed by atoms with Crippen molar-refractivity contribution in [2.24, 2.45) is 82.9 Å². The van der Waals surface area contributed by atoms with Crippen LogP contribution >= 0.6 is 0 Å². The molecule has 0 bridgehead atoms. The SMILES string of the molecule is C1CCC(C2NC(C3CCCCC3)NC(C3CCC(C4CCCC(N5C6CCCCC6C6C5CCC5C7CCCCC7N(C7CCCC(C8CCC(C9NC(C%10CCCCC%10)NC(C%10CCCCC%10)N9)CC8)C7)C56)C4)CC3)N2)CC1. The molecule has 452 valence electrons. The molecule has 16 unspecified atom stereocenters. The van der Waals surface area contributed by atoms with Gasteiger partial charge in [0.1, 0.15) is 0 Å². The highest BCUT2D eigenvalue weighted by Crippen LogP contribution is 2.61. The summed E-state index contributed by atoms with van der Waals surface area (Å²) in [5.41, 5.74) is 0. The van der Waals surface area contributed by atoms with Crippen molar-refractivity contribution in [3.05, 3.63) is 0 Å². The molecule has 0 spiro atoms. The van der Waals surface area contributed by atoms with E-state index in [0.29, 0.717) is 37.0 Å². The second-order valence-electron chi connectivity index (χ2n) is 32.8. The lowest BCUT2D eigenvalue weighted by Crippen LogP contribution is -2.72. The number of rotatable bonds is 10. The van der Waals surface area contributed by atoms with Gasteiger partial charge in [-0.05, 0) is 250 Å². The maximum absolute atomic E-state index is 4.32. The quantitative estimate of drug-likeness (QED) is 0.129. The van der Waals surface area contributed by atoms with Crippen LogP contribution in [0, 0.1) is 82.9 Å². The highest BCUT2D eigenvalue weighted by Gasteiger charge is 2.64. The van der Waals surface area contributed by atoms with Crippen LogP contribution in [0.3, 0.4) is 0 Å². The van der Waals surface area contributed by atoms with Gasteiger partial charge in [-0.3, -0.25) is 41.7 Å². The van der Waals surface area contributed by atoms with Crippen molar-refractivity contribution in [3.63, 3.8) is 0 Å². The fourth-order valence-corrected chi connectivity index (χ4v) is 25.2. The summed E-state index contributed by atoms with van der Waals surface area (Å²) in [6.07, 6.45) is 71.7. The summed E-state index contributed by atoms with van der Waals surface area (Å²) in [4.78, 5) is 6.99. The van der Waals surface area contributed by atoms with Gasteiger partial charge in [-0.1, -0.05) is 128 Å². The normalized spacial score (nSPS) is 49.4. The van der Waals surface area contributed by atoms with E-state index in [1.807, 2.05) is 0 Å². The molecule has 6 N–H and O–H groups in total. The maximum Gasteiger partial charge on any atom is 0.0624 e. The Morgan fingerprint density at radius 2 is 0.525 bits per heavy atom. The molecular formula is C72H124N8. The molecule has 0 aromatic heterocycles. The molecule has 11 saturated carbocycles. The summed E-state index contributed by atoms with van der Waals surface area (Å²) in [5.74, 6) is 12.9. The van der Waals surface area contributed by atoms with Crippen molar-refractivity contribution in [1.82, 2.24) is 41.7 Å². The molecule has 4 saturated heterocycles. The van der Waals surface area contributed by atoms with Gasteiger partial charge in [0.15, 0.2) is 0 Å². The molecule has 15 rings (SSSR count). The standard InChI is InChI=1S/C72H124N8/c1-5-19-49(20-6-1)67-73-68(50-21-7-2-8-22-50)76-71(75-67)53-39-35-47(36-40-53)55-27-17-29-57(45-55)79-63-34-16-14-32-61(63)65-64(79)44-43-60-59-31-13-15-33-62(59)80(66(60)65)58-30-18-28-56(46-58)48-37-41-54(42-38-48)72-77-69(51-23-9-3-10-24-51)74-70(78-72)52-25-11-4-12-26-52/h47-78H,1-46H2. The van der Waals surface area contributed by atoms with E-state index in [1.54, 1.807) is 51.4 Å². The first kappa shape index (κ1) is 56.2. The predicted molar refractivity (Wildman–Crippen MR) is 329 cm³/mol. The van der Waals surface area contributed by atoms with E-state index in [-0.39, 0.29) is 0 Å². The van der Waals surface area contributed by atoms with E-state index in [4.69, 9.17) is 0 Å². The maximum atomic E-state index is 4.32. The Morgan fingerprint density at radius 3 is 0.950 bits per heavy atom. The lowest BCUT2D eigenvalue weighted by Gasteiger charge is -2.51. The van der Waals surface area contributed by atoms with Gasteiger partial charge >= 0.3 is 0 Å². The second kappa shape index (κ2) is 25.8. The van der Waals surface area contributed by atoms with Crippen LogP contribution in [0.1, 0.15) is 295 Å². The smallest absolute Gasteiger partial charge is 0.0624 e. The van der Waals surface area contributed by atoms with Crippen molar-refractivity contribution in [3.8, 4) is 0 Å². The molecule has 0 amide bonds. The Hall–Kier alpha value is -0.320. The third-order valence-electron chi connectivity index (χ3n) is 28.9. The summed E-state index contributed by atoms with van der Waals surface area (Å²) >= 11 is 0. The summed E-state index contributed by atoms with van der Waals surface area (Å²) in [7, 11) is 0. The molecule has 0 aromatic carbocycles. The number of likely N-dealkylation sites (tertiary alicyclic amines) is 2. The molecule has 15 aliphatic rings. The average Bonchev–Trinajstić information content (AvgIpc) is 4.12. The lowest BCUT2D eigenvalue weighted by atomic mass is 9.64. The van der Waals surface area contributed by atoms with E-state index < -0.39 is 0 Å². The molecule has 15 fully saturated rings. The van der Waals surface area contributed by atoms with E-state index in [0.717, 1.165) is 119 Å². The van der Waals surface area contributed by atoms with Gasteiger partial charge in [0.2, 0.25) is 0 Å². The fraction of sp³-hybridized carbons (Fsp3) is 1.00. The highest BCUT2D eigenvalue weighted by molar-refractivity contribution is 5.17. The molecule has 4 heterocycles. The minimum absolute atomic E-state index is 0.519. The Kier molecular flexibility index (Phi) is 18.1. The Bertz CT molecular complexity index is 1870. The number of nitrogens with zero attached hydrogens (tertiary/aromatic N) is 2. The first-order chi connectivity index (χ1) is 39.6. The molecule has 8 nitrogen and oxygen atoms in total. The van der Waals surface area contributed by atoms with Gasteiger partial charge in [0.05, 0.1) is 37.0 Å². The topological polar surface area (TPSA) is 78.7 Å². The first-order valence-electron chi connectivity index (χ1n) is 37.8. The predicted octanol–water partition coefficient (Wildman–Crippen LogP) is 15.1. The first-order valence-corrected chi connectivity index (χ1v) is 37.8. The van der Waals surface area contributed by atoms with Crippen LogP contribution in [0.4, 0.5) is 0 Å². The molecule has 11 aliphatic carbocycles. The van der Waals surface area contributed by atoms with Crippen LogP contribution in [-0.4, -0.2) is 83.0 Å². The Balaban J connectivity index is 0.605. The zero-order valence-electron chi connectivity index (χ0n) is 51.4. The number of nitrogens with one attached hydrogen (secondary N) is 6. The van der Waals surface area contributed by atoms with Crippen LogP contribution in [0.2, 0.25) is 0 Å². The van der Waals surface area contributed by atoms with Crippen LogP contribution < -0.4 is 31.9 Å². The minimum Gasteiger partial charge on any atom is -0.294 e. The monoisotopic (exact) mass is 1100 g/mol. The van der Waals surface area contributed by atoms with Crippen molar-refractivity contribution >= 4 is 0 Å². The van der Waals surface area contributed by atoms with E-state index in [2.05, 4.69) is 41.7 Å². The number of hydrogen-bond acceptors (Lipinski definition) is 8. The van der Waals surface area contributed by atoms with Crippen LogP contribution in [-0.2, 0) is 0 Å². The zero-order chi connectivity index (χ0) is 52.9. The lowest BCUT2D eigenvalue weighted by molar-refractivity contribution is -0.0143. The van der Waals surface area contributed by atoms with Gasteiger partial charge in [0.25, 0.3) is 0 Å². The molecule has 8 heteroatoms. The minimum atomic E-state index is 0.519. The summed E-state index contributed by atoms with van der Waals surface area (Å²) in [6.45, 7) is 0. The summed E-state index contributed by atoms with van der Waals surface area (Å²) in [6, 6.07) is 5.37. The van der Waals surface area contributed by atoms with Crippen LogP contribution in [0.15, 0.2) is 0 Å². The van der Waals surface area contributed by atoms with Crippen molar-refractivity contribution in [1.29, 1.82) is 0 Å². The third-order valence-corrected chi connectivity index (χ3v) is 28.9. The fourth-order valence-electron chi connectivity index (χ4n) is 25.2. The van der Waals surface area contributed by atoms with Crippen molar-refractivity contribution in [2.45, 2.75) is 369 Å². The largest absolute Gasteiger partial charge is 0.294 e. The van der Waals surface area contributed by atoms with Gasteiger partial charge in [-0.2, -0.15) is 0 Å². The molecule has 0 radical (unpaired) electrons. The van der Waals surface area contributed by atoms with E-state index >= 15 is 0 Å². The molecule has 4 aliphatic heterocycles. The molecule has 80 heavy (non-hydrogen) atoms. The van der Waals surface area contributed by atoms with Crippen LogP contribution in [0.25, 0.3) is 0 Å². The van der Waals surface area contributed by atoms with Crippen molar-refractivity contribution in [2.75, 3.05) is 0 Å². The molecule has 0 aromatic rings. The van der Waals surface area contributed by atoms with Gasteiger partial charge in [0, 0.05) is 36.3 Å². The van der Waals surface area contributed by atoms with E-state index in [1.165, 1.54) is 244 Å². The Morgan fingerprint density at radius 1 is 0.200 bits per heavy atom. The number of fused-ring (bicyclic) bond motifs is 7. The van der Waals surface area contributed by atoms with Crippen LogP contribution in [0.5, 0.6) is 0 Å². The van der Waals surface area contributed by atoms with Gasteiger partial charge in [-0.25, -0.2) is 0 Å². The third kappa shape index (κ3) is 11.6. The Labute approximate surface area is 490 Å². The number of hydrogen-bond donors (Lipinski definition) is 6. The molecule has 16 atom stereocenters. The average molecular weight is 1100 g/mol.